The minimum absolute atomic E-state index is 0. The predicted molar refractivity (Wildman–Crippen MR) is 40.4 cm³/mol. The van der Waals surface area contributed by atoms with Crippen LogP contribution in [-0.4, -0.2) is 11.1 Å². The zero-order valence-electron chi connectivity index (χ0n) is 8.34. The van der Waals surface area contributed by atoms with Gasteiger partial charge in [0.05, 0.1) is 5.97 Å². The SMILES string of the molecule is CC/C(C(=O)[O-])=C(\C)C(=O)[S-].[Na+].[Na+]. The summed E-state index contributed by atoms with van der Waals surface area (Å²) in [6, 6.07) is 0. The fraction of sp³-hybridized carbons (Fsp3) is 0.429. The van der Waals surface area contributed by atoms with Crippen LogP contribution in [0.15, 0.2) is 11.1 Å². The van der Waals surface area contributed by atoms with E-state index in [1.807, 2.05) is 0 Å². The molecule has 0 saturated heterocycles. The molecule has 0 saturated carbocycles. The molecular weight excluding hydrogens is 210 g/mol. The van der Waals surface area contributed by atoms with Gasteiger partial charge in [0.1, 0.15) is 0 Å². The van der Waals surface area contributed by atoms with E-state index in [0.29, 0.717) is 0 Å². The molecule has 0 aliphatic heterocycles. The fourth-order valence-corrected chi connectivity index (χ4v) is 0.809. The Morgan fingerprint density at radius 3 is 1.77 bits per heavy atom. The van der Waals surface area contributed by atoms with Gasteiger partial charge in [0.15, 0.2) is 0 Å². The standard InChI is InChI=1S/C7H10O3S.2Na/c1-3-5(6(8)9)4(2)7(10)11;;/h3H2,1-2H3,(H,8,9)(H,10,11);;/q;2*+1/p-2/b5-4-;;. The Morgan fingerprint density at radius 1 is 1.31 bits per heavy atom. The first-order valence-corrected chi connectivity index (χ1v) is 3.54. The van der Waals surface area contributed by atoms with E-state index in [9.17, 15) is 14.7 Å². The molecule has 0 fully saturated rings. The zero-order chi connectivity index (χ0) is 9.02. The van der Waals surface area contributed by atoms with Gasteiger partial charge in [-0.25, -0.2) is 0 Å². The van der Waals surface area contributed by atoms with E-state index in [2.05, 4.69) is 12.6 Å². The van der Waals surface area contributed by atoms with Gasteiger partial charge >= 0.3 is 59.1 Å². The van der Waals surface area contributed by atoms with Crippen molar-refractivity contribution in [1.29, 1.82) is 0 Å². The van der Waals surface area contributed by atoms with Crippen LogP contribution in [0.1, 0.15) is 20.3 Å². The molecule has 6 heteroatoms. The molecule has 0 rings (SSSR count). The van der Waals surface area contributed by atoms with E-state index in [-0.39, 0.29) is 76.7 Å². The van der Waals surface area contributed by atoms with E-state index in [4.69, 9.17) is 0 Å². The summed E-state index contributed by atoms with van der Waals surface area (Å²) in [6.45, 7) is 3.02. The average Bonchev–Trinajstić information content (AvgIpc) is 1.88. The molecule has 0 atom stereocenters. The van der Waals surface area contributed by atoms with Gasteiger partial charge < -0.3 is 27.3 Å². The van der Waals surface area contributed by atoms with E-state index in [1.54, 1.807) is 6.92 Å². The molecule has 0 unspecified atom stereocenters. The second-order valence-electron chi connectivity index (χ2n) is 2.03. The second kappa shape index (κ2) is 9.65. The first-order valence-electron chi connectivity index (χ1n) is 3.13. The van der Waals surface area contributed by atoms with Crippen molar-refractivity contribution in [2.45, 2.75) is 20.3 Å². The maximum atomic E-state index is 10.5. The molecule has 0 aliphatic carbocycles. The van der Waals surface area contributed by atoms with Crippen LogP contribution in [0.25, 0.3) is 0 Å². The number of rotatable bonds is 3. The molecule has 0 N–H and O–H groups in total. The van der Waals surface area contributed by atoms with Crippen molar-refractivity contribution >= 4 is 23.7 Å². The van der Waals surface area contributed by atoms with Crippen LogP contribution < -0.4 is 64.2 Å². The first-order chi connectivity index (χ1) is 5.00. The van der Waals surface area contributed by atoms with Crippen molar-refractivity contribution in [3.05, 3.63) is 11.1 Å². The van der Waals surface area contributed by atoms with Crippen LogP contribution >= 0.6 is 0 Å². The second-order valence-corrected chi connectivity index (χ2v) is 2.40. The molecular formula is C7H8Na2O3S. The van der Waals surface area contributed by atoms with Gasteiger partial charge in [0.25, 0.3) is 0 Å². The van der Waals surface area contributed by atoms with Crippen LogP contribution in [-0.2, 0) is 22.2 Å². The van der Waals surface area contributed by atoms with Gasteiger partial charge in [-0.3, -0.25) is 0 Å². The fourth-order valence-electron chi connectivity index (χ4n) is 0.686. The topological polar surface area (TPSA) is 57.2 Å². The third-order valence-corrected chi connectivity index (χ3v) is 1.66. The summed E-state index contributed by atoms with van der Waals surface area (Å²) in [5.74, 6) is -1.32. The van der Waals surface area contributed by atoms with Gasteiger partial charge in [-0.05, 0) is 24.5 Å². The maximum Gasteiger partial charge on any atom is 1.00 e. The molecule has 3 nitrogen and oxygen atoms in total. The molecule has 0 spiro atoms. The normalized spacial score (nSPS) is 10.3. The van der Waals surface area contributed by atoms with Gasteiger partial charge in [0, 0.05) is 5.12 Å². The summed E-state index contributed by atoms with van der Waals surface area (Å²) in [7, 11) is 0. The number of hydrogen-bond acceptors (Lipinski definition) is 4. The predicted octanol–water partition coefficient (Wildman–Crippen LogP) is -6.46. The molecule has 0 aromatic rings. The van der Waals surface area contributed by atoms with Gasteiger partial charge in [-0.1, -0.05) is 6.92 Å². The molecule has 0 amide bonds. The van der Waals surface area contributed by atoms with Gasteiger partial charge in [0.2, 0.25) is 0 Å². The summed E-state index contributed by atoms with van der Waals surface area (Å²) in [4.78, 5) is 20.8. The van der Waals surface area contributed by atoms with Crippen LogP contribution in [0, 0.1) is 0 Å². The van der Waals surface area contributed by atoms with E-state index < -0.39 is 11.1 Å². The molecule has 0 bridgehead atoms. The maximum absolute atomic E-state index is 10.5. The number of carboxylic acids is 1. The van der Waals surface area contributed by atoms with E-state index in [1.165, 1.54) is 6.92 Å². The molecule has 0 radical (unpaired) electrons. The first kappa shape index (κ1) is 19.6. The van der Waals surface area contributed by atoms with Crippen LogP contribution in [0.5, 0.6) is 0 Å². The Balaban J connectivity index is -0.000000500. The van der Waals surface area contributed by atoms with Crippen LogP contribution in [0.3, 0.4) is 0 Å². The number of carbonyl (C=O) groups is 2. The Kier molecular flexibility index (Phi) is 14.6. The minimum atomic E-state index is -1.32. The van der Waals surface area contributed by atoms with Gasteiger partial charge in [-0.2, -0.15) is 0 Å². The summed E-state index contributed by atoms with van der Waals surface area (Å²) < 4.78 is 0. The summed E-state index contributed by atoms with van der Waals surface area (Å²) in [5.41, 5.74) is 0.0903. The Bertz CT molecular complexity index is 226. The van der Waals surface area contributed by atoms with Crippen LogP contribution in [0.2, 0.25) is 0 Å². The number of carbonyl (C=O) groups excluding carboxylic acids is 2. The smallest absolute Gasteiger partial charge is 0.737 e. The largest absolute Gasteiger partial charge is 1.00 e. The molecule has 62 valence electrons. The Morgan fingerprint density at radius 2 is 1.69 bits per heavy atom. The van der Waals surface area contributed by atoms with Crippen molar-refractivity contribution in [2.24, 2.45) is 0 Å². The van der Waals surface area contributed by atoms with Crippen LogP contribution in [0.4, 0.5) is 0 Å². The zero-order valence-corrected chi connectivity index (χ0v) is 13.2. The van der Waals surface area contributed by atoms with Crippen molar-refractivity contribution in [2.75, 3.05) is 0 Å². The number of hydrogen-bond donors (Lipinski definition) is 0. The van der Waals surface area contributed by atoms with Crippen molar-refractivity contribution < 1.29 is 73.8 Å². The van der Waals surface area contributed by atoms with Crippen molar-refractivity contribution in [3.8, 4) is 0 Å². The number of aliphatic carboxylic acids is 1. The third kappa shape index (κ3) is 7.08. The van der Waals surface area contributed by atoms with E-state index in [0.717, 1.165) is 0 Å². The van der Waals surface area contributed by atoms with E-state index >= 15 is 0 Å². The molecule has 0 aliphatic rings. The quantitative estimate of drug-likeness (QED) is 0.268. The molecule has 0 aromatic heterocycles. The summed E-state index contributed by atoms with van der Waals surface area (Å²) in [6.07, 6.45) is 0.260. The van der Waals surface area contributed by atoms with Crippen molar-refractivity contribution in [1.82, 2.24) is 0 Å². The average molecular weight is 218 g/mol. The summed E-state index contributed by atoms with van der Waals surface area (Å²) >= 11 is 4.28. The molecule has 0 aromatic carbocycles. The Hall–Kier alpha value is 1.10. The third-order valence-electron chi connectivity index (χ3n) is 1.36. The Labute approximate surface area is 127 Å². The number of carboxylic acid groups (broad SMARTS) is 1. The molecule has 0 heterocycles. The van der Waals surface area contributed by atoms with Crippen molar-refractivity contribution in [3.63, 3.8) is 0 Å². The molecule has 13 heavy (non-hydrogen) atoms. The minimum Gasteiger partial charge on any atom is -0.737 e. The monoisotopic (exact) mass is 218 g/mol. The summed E-state index contributed by atoms with van der Waals surface area (Å²) in [5, 5.41) is 9.68. The van der Waals surface area contributed by atoms with Gasteiger partial charge in [-0.15, -0.1) is 0 Å².